The van der Waals surface area contributed by atoms with E-state index in [4.69, 9.17) is 10.2 Å². The highest BCUT2D eigenvalue weighted by Crippen LogP contribution is 2.34. The summed E-state index contributed by atoms with van der Waals surface area (Å²) >= 11 is 0. The number of hydrogen-bond donors (Lipinski definition) is 1. The molecule has 2 N–H and O–H groups in total. The van der Waals surface area contributed by atoms with E-state index in [9.17, 15) is 0 Å². The Morgan fingerprint density at radius 2 is 2.00 bits per heavy atom. The van der Waals surface area contributed by atoms with Crippen LogP contribution in [0.15, 0.2) is 18.2 Å². The summed E-state index contributed by atoms with van der Waals surface area (Å²) in [7, 11) is -1.64. The highest BCUT2D eigenvalue weighted by molar-refractivity contribution is 6.87. The summed E-state index contributed by atoms with van der Waals surface area (Å²) in [4.78, 5) is 0. The zero-order valence-corrected chi connectivity index (χ0v) is 10.7. The average Bonchev–Trinajstić information content (AvgIpc) is 2.52. The number of anilines is 1. The second-order valence-electron chi connectivity index (χ2n) is 4.31. The summed E-state index contributed by atoms with van der Waals surface area (Å²) in [6.07, 6.45) is 0.232. The molecule has 2 nitrogen and oxygen atoms in total. The molecule has 0 amide bonds. The van der Waals surface area contributed by atoms with Gasteiger partial charge in [0, 0.05) is 5.69 Å². The van der Waals surface area contributed by atoms with Crippen LogP contribution in [0.5, 0.6) is 0 Å². The lowest BCUT2D eigenvalue weighted by Crippen LogP contribution is -2.45. The topological polar surface area (TPSA) is 35.2 Å². The molecule has 0 fully saturated rings. The summed E-state index contributed by atoms with van der Waals surface area (Å²) < 4.78 is 6.26. The van der Waals surface area contributed by atoms with Gasteiger partial charge in [-0.25, -0.2) is 0 Å². The lowest BCUT2D eigenvalue weighted by Gasteiger charge is -2.24. The first-order valence-electron chi connectivity index (χ1n) is 5.70. The van der Waals surface area contributed by atoms with Crippen molar-refractivity contribution in [1.82, 2.24) is 0 Å². The Morgan fingerprint density at radius 1 is 1.33 bits per heavy atom. The third-order valence-corrected chi connectivity index (χ3v) is 8.08. The summed E-state index contributed by atoms with van der Waals surface area (Å²) in [5.41, 5.74) is 8.00. The van der Waals surface area contributed by atoms with Gasteiger partial charge in [0.25, 0.3) is 0 Å². The quantitative estimate of drug-likeness (QED) is 0.615. The van der Waals surface area contributed by atoms with E-state index < -0.39 is 8.32 Å². The van der Waals surface area contributed by atoms with Gasteiger partial charge in [-0.1, -0.05) is 19.9 Å². The molecule has 0 radical (unpaired) electrons. The molecule has 0 bridgehead atoms. The van der Waals surface area contributed by atoms with Gasteiger partial charge in [-0.05, 0) is 41.9 Å². The smallest absolute Gasteiger partial charge is 0.224 e. The van der Waals surface area contributed by atoms with Crippen LogP contribution in [0.3, 0.4) is 0 Å². The maximum atomic E-state index is 6.26. The fourth-order valence-electron chi connectivity index (χ4n) is 2.60. The lowest BCUT2D eigenvalue weighted by atomic mass is 10.1. The lowest BCUT2D eigenvalue weighted by molar-refractivity contribution is 0.232. The van der Waals surface area contributed by atoms with E-state index in [0.29, 0.717) is 0 Å². The zero-order chi connectivity index (χ0) is 11.1. The number of hydrogen-bond acceptors (Lipinski definition) is 2. The van der Waals surface area contributed by atoms with Crippen LogP contribution in [0.4, 0.5) is 5.69 Å². The van der Waals surface area contributed by atoms with Crippen LogP contribution in [0.2, 0.25) is 12.1 Å². The van der Waals surface area contributed by atoms with Crippen LogP contribution in [-0.2, 0) is 4.43 Å². The van der Waals surface area contributed by atoms with E-state index in [1.807, 2.05) is 6.07 Å². The predicted molar refractivity (Wildman–Crippen MR) is 66.7 cm³/mol. The third kappa shape index (κ3) is 1.50. The second-order valence-corrected chi connectivity index (χ2v) is 8.49. The molecule has 82 valence electrons. The molecule has 1 atom stereocenters. The van der Waals surface area contributed by atoms with Crippen molar-refractivity contribution in [3.05, 3.63) is 23.8 Å². The molecule has 0 aromatic heterocycles. The molecular formula is C12H19NOSi. The minimum atomic E-state index is -1.64. The fourth-order valence-corrected chi connectivity index (χ4v) is 6.31. The molecule has 0 aliphatic carbocycles. The molecule has 3 heteroatoms. The number of rotatable bonds is 2. The predicted octanol–water partition coefficient (Wildman–Crippen LogP) is 2.55. The van der Waals surface area contributed by atoms with E-state index in [-0.39, 0.29) is 6.10 Å². The zero-order valence-electron chi connectivity index (χ0n) is 9.71. The Balaban J connectivity index is 2.55. The van der Waals surface area contributed by atoms with Gasteiger partial charge in [0.15, 0.2) is 0 Å². The molecule has 1 aliphatic heterocycles. The van der Waals surface area contributed by atoms with Crippen molar-refractivity contribution in [1.29, 1.82) is 0 Å². The Hall–Kier alpha value is -0.803. The maximum absolute atomic E-state index is 6.26. The maximum Gasteiger partial charge on any atom is 0.224 e. The van der Waals surface area contributed by atoms with Gasteiger partial charge in [-0.2, -0.15) is 0 Å². The Morgan fingerprint density at radius 3 is 2.60 bits per heavy atom. The summed E-state index contributed by atoms with van der Waals surface area (Å²) in [6.45, 7) is 6.63. The van der Waals surface area contributed by atoms with Gasteiger partial charge in [0.05, 0.1) is 6.10 Å². The molecule has 0 saturated heterocycles. The normalized spacial score (nSPS) is 22.7. The Labute approximate surface area is 92.6 Å². The van der Waals surface area contributed by atoms with Gasteiger partial charge >= 0.3 is 0 Å². The molecule has 0 saturated carbocycles. The Bertz CT molecular complexity index is 374. The molecule has 1 unspecified atom stereocenters. The minimum absolute atomic E-state index is 0.232. The van der Waals surface area contributed by atoms with Gasteiger partial charge in [0.2, 0.25) is 8.32 Å². The third-order valence-electron chi connectivity index (χ3n) is 3.55. The number of benzene rings is 1. The van der Waals surface area contributed by atoms with E-state index in [0.717, 1.165) is 17.8 Å². The van der Waals surface area contributed by atoms with E-state index in [1.54, 1.807) is 0 Å². The van der Waals surface area contributed by atoms with Crippen LogP contribution in [0.25, 0.3) is 0 Å². The average molecular weight is 221 g/mol. The second kappa shape index (κ2) is 3.65. The Kier molecular flexibility index (Phi) is 2.60. The van der Waals surface area contributed by atoms with Crippen molar-refractivity contribution < 1.29 is 4.43 Å². The van der Waals surface area contributed by atoms with E-state index in [2.05, 4.69) is 32.9 Å². The highest BCUT2D eigenvalue weighted by atomic mass is 28.4. The molecular weight excluding hydrogens is 202 g/mol. The van der Waals surface area contributed by atoms with Crippen molar-refractivity contribution in [2.24, 2.45) is 0 Å². The molecule has 1 aromatic carbocycles. The number of nitrogens with two attached hydrogens (primary N) is 1. The van der Waals surface area contributed by atoms with Crippen LogP contribution < -0.4 is 10.9 Å². The fraction of sp³-hybridized carbons (Fsp3) is 0.500. The molecule has 1 aromatic rings. The SMILES string of the molecule is CC[Si]1(CC)OC(C)c2cc(N)ccc21. The molecule has 2 rings (SSSR count). The monoisotopic (exact) mass is 221 g/mol. The first kappa shape index (κ1) is 10.7. The molecule has 0 spiro atoms. The van der Waals surface area contributed by atoms with Crippen LogP contribution >= 0.6 is 0 Å². The van der Waals surface area contributed by atoms with Gasteiger partial charge < -0.3 is 10.2 Å². The highest BCUT2D eigenvalue weighted by Gasteiger charge is 2.43. The largest absolute Gasteiger partial charge is 0.406 e. The van der Waals surface area contributed by atoms with Crippen LogP contribution in [0, 0.1) is 0 Å². The summed E-state index contributed by atoms with van der Waals surface area (Å²) in [5.74, 6) is 0. The van der Waals surface area contributed by atoms with Gasteiger partial charge in [-0.3, -0.25) is 0 Å². The molecule has 1 heterocycles. The molecule has 1 aliphatic rings. The van der Waals surface area contributed by atoms with Crippen LogP contribution in [0.1, 0.15) is 32.4 Å². The van der Waals surface area contributed by atoms with Crippen molar-refractivity contribution in [2.75, 3.05) is 5.73 Å². The first-order chi connectivity index (χ1) is 7.13. The van der Waals surface area contributed by atoms with Gasteiger partial charge in [0.1, 0.15) is 0 Å². The van der Waals surface area contributed by atoms with Crippen molar-refractivity contribution in [3.63, 3.8) is 0 Å². The van der Waals surface area contributed by atoms with Gasteiger partial charge in [-0.15, -0.1) is 0 Å². The number of nitrogen functional groups attached to an aromatic ring is 1. The summed E-state index contributed by atoms with van der Waals surface area (Å²) in [5, 5.41) is 1.47. The van der Waals surface area contributed by atoms with E-state index in [1.165, 1.54) is 10.8 Å². The van der Waals surface area contributed by atoms with Crippen LogP contribution in [-0.4, -0.2) is 8.32 Å². The minimum Gasteiger partial charge on any atom is -0.406 e. The standard InChI is InChI=1S/C12H19NOSi/c1-4-15(5-2)12-7-6-10(13)8-11(12)9(3)14-15/h6-9H,4-5,13H2,1-3H3. The van der Waals surface area contributed by atoms with E-state index >= 15 is 0 Å². The van der Waals surface area contributed by atoms with Crippen molar-refractivity contribution in [2.45, 2.75) is 39.0 Å². The summed E-state index contributed by atoms with van der Waals surface area (Å²) in [6, 6.07) is 8.59. The van der Waals surface area contributed by atoms with Crippen molar-refractivity contribution in [3.8, 4) is 0 Å². The molecule has 15 heavy (non-hydrogen) atoms. The number of fused-ring (bicyclic) bond motifs is 1. The first-order valence-corrected chi connectivity index (χ1v) is 8.03. The van der Waals surface area contributed by atoms with Crippen molar-refractivity contribution >= 4 is 19.2 Å².